The Kier molecular flexibility index (Phi) is 3.96. The lowest BCUT2D eigenvalue weighted by Crippen LogP contribution is -2.47. The number of aryl methyl sites for hydroxylation is 1. The van der Waals surface area contributed by atoms with Crippen LogP contribution < -0.4 is 0 Å². The number of rotatable bonds is 3. The normalized spacial score (nSPS) is 18.2. The van der Waals surface area contributed by atoms with E-state index in [9.17, 15) is 14.3 Å². The van der Waals surface area contributed by atoms with Crippen LogP contribution in [0.15, 0.2) is 22.7 Å². The molecular weight excluding hydrogens is 355 g/mol. The van der Waals surface area contributed by atoms with Gasteiger partial charge < -0.3 is 9.67 Å². The second-order valence-electron chi connectivity index (χ2n) is 5.27. The number of hydrogen-bond acceptors (Lipinski definition) is 4. The molecule has 2 aromatic rings. The van der Waals surface area contributed by atoms with Crippen molar-refractivity contribution < 1.29 is 14.3 Å². The van der Waals surface area contributed by atoms with Crippen LogP contribution in [0.5, 0.6) is 0 Å². The van der Waals surface area contributed by atoms with E-state index in [0.717, 1.165) is 10.3 Å². The summed E-state index contributed by atoms with van der Waals surface area (Å²) in [7, 11) is 0. The van der Waals surface area contributed by atoms with Crippen LogP contribution in [0, 0.1) is 12.7 Å². The molecule has 1 aliphatic rings. The Balaban J connectivity index is 1.91. The zero-order valence-corrected chi connectivity index (χ0v) is 13.4. The van der Waals surface area contributed by atoms with Gasteiger partial charge in [0.2, 0.25) is 0 Å². The first-order valence-corrected chi connectivity index (χ1v) is 7.54. The molecule has 0 saturated carbocycles. The van der Waals surface area contributed by atoms with E-state index in [1.165, 1.54) is 12.1 Å². The molecule has 0 aliphatic carbocycles. The first kappa shape index (κ1) is 15.1. The second-order valence-corrected chi connectivity index (χ2v) is 6.12. The lowest BCUT2D eigenvalue weighted by atomic mass is 10.1. The average molecular weight is 369 g/mol. The molecule has 1 N–H and O–H groups in total. The van der Waals surface area contributed by atoms with E-state index in [0.29, 0.717) is 24.5 Å². The van der Waals surface area contributed by atoms with Crippen LogP contribution in [-0.4, -0.2) is 36.8 Å². The zero-order valence-electron chi connectivity index (χ0n) is 11.8. The van der Waals surface area contributed by atoms with Gasteiger partial charge in [0.25, 0.3) is 0 Å². The minimum atomic E-state index is -0.911. The largest absolute Gasteiger partial charge is 0.480 e. The molecule has 2 heterocycles. The number of nitrogens with zero attached hydrogens (tertiary/aromatic N) is 4. The Morgan fingerprint density at radius 3 is 3.00 bits per heavy atom. The standard InChI is InChI=1S/C14H14BrFN4O2/c1-8-17-18-13-7-19(12(14(21)22)6-20(8)13)5-9-4-10(16)2-3-11(9)15/h2-4,12H,5-7H2,1H3,(H,21,22). The zero-order chi connectivity index (χ0) is 15.9. The number of aromatic nitrogens is 3. The van der Waals surface area contributed by atoms with Gasteiger partial charge in [-0.25, -0.2) is 4.39 Å². The molecule has 1 unspecified atom stereocenters. The predicted molar refractivity (Wildman–Crippen MR) is 79.5 cm³/mol. The fourth-order valence-electron chi connectivity index (χ4n) is 2.64. The SMILES string of the molecule is Cc1nnc2n1CC(C(=O)O)N(Cc1cc(F)ccc1Br)C2. The van der Waals surface area contributed by atoms with Crippen molar-refractivity contribution in [3.05, 3.63) is 45.7 Å². The highest BCUT2D eigenvalue weighted by molar-refractivity contribution is 9.10. The van der Waals surface area contributed by atoms with E-state index in [4.69, 9.17) is 0 Å². The van der Waals surface area contributed by atoms with E-state index in [-0.39, 0.29) is 12.4 Å². The highest BCUT2D eigenvalue weighted by Gasteiger charge is 2.33. The van der Waals surface area contributed by atoms with Crippen molar-refractivity contribution in [3.63, 3.8) is 0 Å². The number of carboxylic acid groups (broad SMARTS) is 1. The lowest BCUT2D eigenvalue weighted by Gasteiger charge is -2.33. The number of hydrogen-bond donors (Lipinski definition) is 1. The van der Waals surface area contributed by atoms with Gasteiger partial charge in [-0.15, -0.1) is 10.2 Å². The van der Waals surface area contributed by atoms with Gasteiger partial charge in [0.15, 0.2) is 0 Å². The maximum atomic E-state index is 13.4. The van der Waals surface area contributed by atoms with Crippen molar-refractivity contribution in [2.24, 2.45) is 0 Å². The Morgan fingerprint density at radius 2 is 2.27 bits per heavy atom. The third-order valence-corrected chi connectivity index (χ3v) is 4.59. The fraction of sp³-hybridized carbons (Fsp3) is 0.357. The minimum Gasteiger partial charge on any atom is -0.480 e. The molecule has 0 fully saturated rings. The molecule has 6 nitrogen and oxygen atoms in total. The highest BCUT2D eigenvalue weighted by atomic mass is 79.9. The predicted octanol–water partition coefficient (Wildman–Crippen LogP) is 1.96. The van der Waals surface area contributed by atoms with Gasteiger partial charge >= 0.3 is 5.97 Å². The first-order chi connectivity index (χ1) is 10.5. The van der Waals surface area contributed by atoms with Crippen molar-refractivity contribution in [1.82, 2.24) is 19.7 Å². The second kappa shape index (κ2) is 5.77. The number of fused-ring (bicyclic) bond motifs is 1. The van der Waals surface area contributed by atoms with Gasteiger partial charge in [-0.2, -0.15) is 0 Å². The monoisotopic (exact) mass is 368 g/mol. The van der Waals surface area contributed by atoms with Crippen molar-refractivity contribution in [2.45, 2.75) is 32.6 Å². The van der Waals surface area contributed by atoms with Gasteiger partial charge in [0.05, 0.1) is 13.1 Å². The van der Waals surface area contributed by atoms with Crippen molar-refractivity contribution in [1.29, 1.82) is 0 Å². The summed E-state index contributed by atoms with van der Waals surface area (Å²) in [5.74, 6) is 0.169. The molecule has 1 aromatic heterocycles. The van der Waals surface area contributed by atoms with Gasteiger partial charge in [-0.1, -0.05) is 15.9 Å². The van der Waals surface area contributed by atoms with Gasteiger partial charge in [0.1, 0.15) is 23.5 Å². The van der Waals surface area contributed by atoms with Crippen LogP contribution in [0.25, 0.3) is 0 Å². The third kappa shape index (κ3) is 2.76. The topological polar surface area (TPSA) is 71.2 Å². The number of aliphatic carboxylic acids is 1. The fourth-order valence-corrected chi connectivity index (χ4v) is 3.02. The maximum Gasteiger partial charge on any atom is 0.322 e. The maximum absolute atomic E-state index is 13.4. The van der Waals surface area contributed by atoms with Crippen LogP contribution in [0.1, 0.15) is 17.2 Å². The average Bonchev–Trinajstić information content (AvgIpc) is 2.83. The smallest absolute Gasteiger partial charge is 0.322 e. The summed E-state index contributed by atoms with van der Waals surface area (Å²) >= 11 is 3.38. The Hall–Kier alpha value is -1.80. The molecule has 22 heavy (non-hydrogen) atoms. The van der Waals surface area contributed by atoms with E-state index in [2.05, 4.69) is 26.1 Å². The quantitative estimate of drug-likeness (QED) is 0.896. The molecule has 0 amide bonds. The van der Waals surface area contributed by atoms with Gasteiger partial charge in [-0.3, -0.25) is 9.69 Å². The Bertz CT molecular complexity index is 734. The molecule has 0 bridgehead atoms. The highest BCUT2D eigenvalue weighted by Crippen LogP contribution is 2.24. The molecule has 0 radical (unpaired) electrons. The summed E-state index contributed by atoms with van der Waals surface area (Å²) in [6.07, 6.45) is 0. The van der Waals surface area contributed by atoms with E-state index < -0.39 is 12.0 Å². The van der Waals surface area contributed by atoms with Crippen molar-refractivity contribution >= 4 is 21.9 Å². The number of benzene rings is 1. The van der Waals surface area contributed by atoms with Crippen LogP contribution >= 0.6 is 15.9 Å². The lowest BCUT2D eigenvalue weighted by molar-refractivity contribution is -0.145. The molecule has 0 spiro atoms. The first-order valence-electron chi connectivity index (χ1n) is 6.75. The van der Waals surface area contributed by atoms with E-state index in [1.807, 2.05) is 4.57 Å². The van der Waals surface area contributed by atoms with Crippen LogP contribution in [0.3, 0.4) is 0 Å². The summed E-state index contributed by atoms with van der Waals surface area (Å²) in [4.78, 5) is 13.3. The summed E-state index contributed by atoms with van der Waals surface area (Å²) in [6, 6.07) is 3.70. The van der Waals surface area contributed by atoms with E-state index in [1.54, 1.807) is 17.9 Å². The van der Waals surface area contributed by atoms with E-state index >= 15 is 0 Å². The molecule has 8 heteroatoms. The molecule has 0 saturated heterocycles. The van der Waals surface area contributed by atoms with Gasteiger partial charge in [0, 0.05) is 11.0 Å². The minimum absolute atomic E-state index is 0.288. The third-order valence-electron chi connectivity index (χ3n) is 3.82. The summed E-state index contributed by atoms with van der Waals surface area (Å²) in [5.41, 5.74) is 0.705. The Labute approximate surface area is 134 Å². The Morgan fingerprint density at radius 1 is 1.50 bits per heavy atom. The molecular formula is C14H14BrFN4O2. The molecule has 1 aliphatic heterocycles. The number of carboxylic acids is 1. The molecule has 116 valence electrons. The molecule has 1 aromatic carbocycles. The van der Waals surface area contributed by atoms with Crippen LogP contribution in [0.2, 0.25) is 0 Å². The van der Waals surface area contributed by atoms with Crippen LogP contribution in [-0.2, 0) is 24.4 Å². The molecule has 3 rings (SSSR count). The van der Waals surface area contributed by atoms with Crippen molar-refractivity contribution in [2.75, 3.05) is 0 Å². The van der Waals surface area contributed by atoms with Gasteiger partial charge in [-0.05, 0) is 30.7 Å². The van der Waals surface area contributed by atoms with Crippen molar-refractivity contribution in [3.8, 4) is 0 Å². The molecule has 1 atom stereocenters. The number of halogens is 2. The van der Waals surface area contributed by atoms with Crippen LogP contribution in [0.4, 0.5) is 4.39 Å². The summed E-state index contributed by atoms with van der Waals surface area (Å²) < 4.78 is 16.0. The number of carbonyl (C=O) groups is 1. The summed E-state index contributed by atoms with van der Waals surface area (Å²) in [6.45, 7) is 2.77. The summed E-state index contributed by atoms with van der Waals surface area (Å²) in [5, 5.41) is 17.5.